The number of benzene rings is 1. The van der Waals surface area contributed by atoms with Crippen LogP contribution in [0.15, 0.2) is 24.4 Å². The molecule has 7 heteroatoms. The van der Waals surface area contributed by atoms with E-state index in [1.807, 2.05) is 18.3 Å². The lowest BCUT2D eigenvalue weighted by molar-refractivity contribution is -0.158. The molecular weight excluding hydrogens is 342 g/mol. The molecule has 1 N–H and O–H groups in total. The molecule has 0 bridgehead atoms. The Hall–Kier alpha value is -1.70. The van der Waals surface area contributed by atoms with Gasteiger partial charge in [-0.2, -0.15) is 8.78 Å². The van der Waals surface area contributed by atoms with Crippen molar-refractivity contribution in [2.45, 2.75) is 38.1 Å². The zero-order valence-electron chi connectivity index (χ0n) is 14.6. The van der Waals surface area contributed by atoms with Crippen molar-refractivity contribution >= 4 is 10.9 Å². The molecule has 2 fully saturated rings. The van der Waals surface area contributed by atoms with Gasteiger partial charge in [-0.1, -0.05) is 0 Å². The Bertz CT molecular complexity index is 731. The molecular formula is C19H24F2N2O3. The molecule has 2 aliphatic rings. The monoisotopic (exact) mass is 366 g/mol. The van der Waals surface area contributed by atoms with E-state index in [4.69, 9.17) is 9.47 Å². The van der Waals surface area contributed by atoms with Gasteiger partial charge in [-0.15, -0.1) is 0 Å². The Labute approximate surface area is 151 Å². The van der Waals surface area contributed by atoms with E-state index in [9.17, 15) is 8.78 Å². The molecule has 142 valence electrons. The number of likely N-dealkylation sites (tertiary alicyclic amines) is 1. The molecule has 2 aromatic rings. The summed E-state index contributed by atoms with van der Waals surface area (Å²) in [5.74, 6) is 0.861. The number of aromatic nitrogens is 1. The van der Waals surface area contributed by atoms with Crippen LogP contribution in [0.2, 0.25) is 0 Å². The average Bonchev–Trinajstić information content (AvgIpc) is 3.34. The number of nitrogens with zero attached hydrogens (tertiary/aromatic N) is 1. The number of fused-ring (bicyclic) bond motifs is 1. The number of aromatic amines is 1. The fourth-order valence-electron chi connectivity index (χ4n) is 3.77. The van der Waals surface area contributed by atoms with Crippen LogP contribution in [0.3, 0.4) is 0 Å². The second-order valence-corrected chi connectivity index (χ2v) is 6.98. The number of H-pyrrole nitrogens is 1. The lowest BCUT2D eigenvalue weighted by atomic mass is 10.1. The summed E-state index contributed by atoms with van der Waals surface area (Å²) in [5.41, 5.74) is 2.29. The molecule has 2 aliphatic heterocycles. The molecule has 26 heavy (non-hydrogen) atoms. The first-order valence-corrected chi connectivity index (χ1v) is 9.18. The lowest BCUT2D eigenvalue weighted by Crippen LogP contribution is -2.26. The molecule has 2 saturated heterocycles. The summed E-state index contributed by atoms with van der Waals surface area (Å²) in [4.78, 5) is 5.48. The summed E-state index contributed by atoms with van der Waals surface area (Å²) in [6.07, 6.45) is 4.25. The van der Waals surface area contributed by atoms with Gasteiger partial charge in [0.15, 0.2) is 0 Å². The van der Waals surface area contributed by atoms with Crippen molar-refractivity contribution in [2.24, 2.45) is 0 Å². The molecule has 0 saturated carbocycles. The van der Waals surface area contributed by atoms with E-state index in [0.717, 1.165) is 49.2 Å². The van der Waals surface area contributed by atoms with Crippen LogP contribution in [0, 0.1) is 0 Å². The maximum atomic E-state index is 12.3. The van der Waals surface area contributed by atoms with Crippen molar-refractivity contribution < 1.29 is 23.0 Å². The second kappa shape index (κ2) is 7.90. The van der Waals surface area contributed by atoms with Crippen LogP contribution in [0.1, 0.15) is 18.4 Å². The third kappa shape index (κ3) is 4.16. The van der Waals surface area contributed by atoms with E-state index in [2.05, 4.69) is 20.7 Å². The average molecular weight is 366 g/mol. The molecule has 1 aromatic carbocycles. The van der Waals surface area contributed by atoms with Gasteiger partial charge in [-0.25, -0.2) is 0 Å². The first-order chi connectivity index (χ1) is 12.7. The summed E-state index contributed by atoms with van der Waals surface area (Å²) >= 11 is 0. The Morgan fingerprint density at radius 3 is 3.00 bits per heavy atom. The standard InChI is InChI=1S/C19H24F2N2O3/c20-19(21)26-15-4-7-23(11-15)6-3-13-10-22-18-2-1-14(9-17(13)18)25-16-5-8-24-12-16/h1-2,9-10,15-16,19,22H,3-8,11-12H2/t15-,16+/m0/s1. The molecule has 0 unspecified atom stereocenters. The normalized spacial score (nSPS) is 24.1. The summed E-state index contributed by atoms with van der Waals surface area (Å²) in [7, 11) is 0. The van der Waals surface area contributed by atoms with Crippen molar-refractivity contribution in [2.75, 3.05) is 32.8 Å². The van der Waals surface area contributed by atoms with E-state index < -0.39 is 6.61 Å². The van der Waals surface area contributed by atoms with Gasteiger partial charge in [0.05, 0.1) is 19.3 Å². The number of alkyl halides is 2. The molecule has 5 nitrogen and oxygen atoms in total. The predicted molar refractivity (Wildman–Crippen MR) is 93.8 cm³/mol. The molecule has 2 atom stereocenters. The van der Waals surface area contributed by atoms with Crippen molar-refractivity contribution in [1.29, 1.82) is 0 Å². The maximum Gasteiger partial charge on any atom is 0.345 e. The number of nitrogens with one attached hydrogen (secondary N) is 1. The van der Waals surface area contributed by atoms with E-state index in [1.54, 1.807) is 0 Å². The van der Waals surface area contributed by atoms with Crippen LogP contribution in [0.4, 0.5) is 8.78 Å². The zero-order chi connectivity index (χ0) is 17.9. The number of ether oxygens (including phenoxy) is 3. The molecule has 1 aromatic heterocycles. The molecule has 3 heterocycles. The van der Waals surface area contributed by atoms with Crippen molar-refractivity contribution in [3.63, 3.8) is 0 Å². The van der Waals surface area contributed by atoms with Gasteiger partial charge >= 0.3 is 6.61 Å². The highest BCUT2D eigenvalue weighted by Gasteiger charge is 2.25. The third-order valence-corrected chi connectivity index (χ3v) is 5.15. The molecule has 0 radical (unpaired) electrons. The Morgan fingerprint density at radius 1 is 1.27 bits per heavy atom. The maximum absolute atomic E-state index is 12.3. The molecule has 0 spiro atoms. The highest BCUT2D eigenvalue weighted by molar-refractivity contribution is 5.84. The molecule has 0 amide bonds. The van der Waals surface area contributed by atoms with Gasteiger partial charge in [0.2, 0.25) is 0 Å². The molecule has 0 aliphatic carbocycles. The van der Waals surface area contributed by atoms with Crippen LogP contribution < -0.4 is 4.74 Å². The minimum Gasteiger partial charge on any atom is -0.488 e. The summed E-state index contributed by atoms with van der Waals surface area (Å²) in [6.45, 7) is 0.927. The van der Waals surface area contributed by atoms with Gasteiger partial charge in [0, 0.05) is 43.2 Å². The largest absolute Gasteiger partial charge is 0.488 e. The first kappa shape index (κ1) is 17.7. The van der Waals surface area contributed by atoms with Gasteiger partial charge in [-0.3, -0.25) is 0 Å². The fourth-order valence-corrected chi connectivity index (χ4v) is 3.77. The third-order valence-electron chi connectivity index (χ3n) is 5.15. The first-order valence-electron chi connectivity index (χ1n) is 9.18. The predicted octanol–water partition coefficient (Wildman–Crippen LogP) is 3.19. The SMILES string of the molecule is FC(F)O[C@H]1CCN(CCc2c[nH]c3ccc(O[C@@H]4CCOC4)cc23)C1. The Kier molecular flexibility index (Phi) is 5.38. The van der Waals surface area contributed by atoms with Crippen LogP contribution in [-0.2, 0) is 15.9 Å². The van der Waals surface area contributed by atoms with Crippen molar-refractivity contribution in [1.82, 2.24) is 9.88 Å². The van der Waals surface area contributed by atoms with E-state index in [0.29, 0.717) is 19.6 Å². The number of rotatable bonds is 7. The van der Waals surface area contributed by atoms with Crippen molar-refractivity contribution in [3.05, 3.63) is 30.0 Å². The van der Waals surface area contributed by atoms with Crippen molar-refractivity contribution in [3.8, 4) is 5.75 Å². The minimum absolute atomic E-state index is 0.131. The number of halogens is 2. The van der Waals surface area contributed by atoms with E-state index in [-0.39, 0.29) is 12.2 Å². The van der Waals surface area contributed by atoms with Gasteiger partial charge in [0.25, 0.3) is 0 Å². The zero-order valence-corrected chi connectivity index (χ0v) is 14.6. The number of hydrogen-bond donors (Lipinski definition) is 1. The lowest BCUT2D eigenvalue weighted by Gasteiger charge is -2.16. The Balaban J connectivity index is 1.37. The highest BCUT2D eigenvalue weighted by atomic mass is 19.3. The smallest absolute Gasteiger partial charge is 0.345 e. The fraction of sp³-hybridized carbons (Fsp3) is 0.579. The summed E-state index contributed by atoms with van der Waals surface area (Å²) < 4.78 is 40.6. The van der Waals surface area contributed by atoms with Crippen LogP contribution in [-0.4, -0.2) is 61.6 Å². The highest BCUT2D eigenvalue weighted by Crippen LogP contribution is 2.26. The van der Waals surface area contributed by atoms with Gasteiger partial charge in [0.1, 0.15) is 11.9 Å². The quantitative estimate of drug-likeness (QED) is 0.818. The summed E-state index contributed by atoms with van der Waals surface area (Å²) in [6, 6.07) is 6.09. The van der Waals surface area contributed by atoms with Gasteiger partial charge < -0.3 is 24.1 Å². The van der Waals surface area contributed by atoms with Crippen LogP contribution >= 0.6 is 0 Å². The topological polar surface area (TPSA) is 46.7 Å². The van der Waals surface area contributed by atoms with Crippen LogP contribution in [0.25, 0.3) is 10.9 Å². The number of hydrogen-bond acceptors (Lipinski definition) is 4. The van der Waals surface area contributed by atoms with E-state index >= 15 is 0 Å². The molecule has 4 rings (SSSR count). The van der Waals surface area contributed by atoms with Gasteiger partial charge in [-0.05, 0) is 36.6 Å². The van der Waals surface area contributed by atoms with E-state index in [1.165, 1.54) is 5.56 Å². The minimum atomic E-state index is -2.68. The van der Waals surface area contributed by atoms with Crippen LogP contribution in [0.5, 0.6) is 5.75 Å². The summed E-state index contributed by atoms with van der Waals surface area (Å²) in [5, 5.41) is 1.15. The second-order valence-electron chi connectivity index (χ2n) is 6.98. The Morgan fingerprint density at radius 2 is 2.19 bits per heavy atom.